The number of rotatable bonds is 6. The molecule has 0 fully saturated rings. The predicted octanol–water partition coefficient (Wildman–Crippen LogP) is 3.29. The average molecular weight is 260 g/mol. The van der Waals surface area contributed by atoms with E-state index >= 15 is 0 Å². The van der Waals surface area contributed by atoms with Gasteiger partial charge in [-0.2, -0.15) is 0 Å². The Morgan fingerprint density at radius 1 is 1.41 bits per heavy atom. The van der Waals surface area contributed by atoms with E-state index in [4.69, 9.17) is 16.3 Å². The highest BCUT2D eigenvalue weighted by Gasteiger charge is 2.21. The number of hydrogen-bond acceptors (Lipinski definition) is 2. The van der Waals surface area contributed by atoms with Crippen LogP contribution in [0.2, 0.25) is 0 Å². The van der Waals surface area contributed by atoms with Gasteiger partial charge in [0.1, 0.15) is 12.6 Å². The van der Waals surface area contributed by atoms with Gasteiger partial charge < -0.3 is 4.74 Å². The molecule has 1 aliphatic rings. The van der Waals surface area contributed by atoms with Gasteiger partial charge >= 0.3 is 0 Å². The molecule has 1 rings (SSSR count). The van der Waals surface area contributed by atoms with E-state index in [1.54, 1.807) is 4.90 Å². The summed E-state index contributed by atoms with van der Waals surface area (Å²) in [5.74, 6) is -0.0364. The third kappa shape index (κ3) is 4.32. The summed E-state index contributed by atoms with van der Waals surface area (Å²) in [6, 6.07) is 0. The average Bonchev–Trinajstić information content (AvgIpc) is 2.35. The molecule has 1 amide bonds. The van der Waals surface area contributed by atoms with Crippen LogP contribution in [0, 0.1) is 0 Å². The lowest BCUT2D eigenvalue weighted by atomic mass is 9.97. The van der Waals surface area contributed by atoms with E-state index in [1.165, 1.54) is 12.0 Å². The maximum atomic E-state index is 11.8. The molecule has 0 aromatic rings. The van der Waals surface area contributed by atoms with Gasteiger partial charge in [0.2, 0.25) is 5.91 Å². The van der Waals surface area contributed by atoms with E-state index in [0.717, 1.165) is 31.4 Å². The molecule has 3 nitrogen and oxygen atoms in total. The Bertz CT molecular complexity index is 289. The zero-order chi connectivity index (χ0) is 12.7. The van der Waals surface area contributed by atoms with Crippen LogP contribution in [0.3, 0.4) is 0 Å². The Labute approximate surface area is 109 Å². The van der Waals surface area contributed by atoms with Crippen LogP contribution in [0.15, 0.2) is 11.3 Å². The number of amides is 1. The van der Waals surface area contributed by atoms with Crippen LogP contribution in [-0.4, -0.2) is 30.0 Å². The zero-order valence-electron chi connectivity index (χ0n) is 10.8. The molecule has 0 bridgehead atoms. The Kier molecular flexibility index (Phi) is 6.60. The van der Waals surface area contributed by atoms with Gasteiger partial charge in [0.15, 0.2) is 0 Å². The number of carbonyl (C=O) groups excluding carboxylic acids is 1. The van der Waals surface area contributed by atoms with Crippen LogP contribution in [-0.2, 0) is 9.53 Å². The number of alkyl halides is 1. The van der Waals surface area contributed by atoms with Gasteiger partial charge in [0.25, 0.3) is 0 Å². The molecule has 98 valence electrons. The van der Waals surface area contributed by atoms with Crippen molar-refractivity contribution in [3.63, 3.8) is 0 Å². The van der Waals surface area contributed by atoms with E-state index < -0.39 is 0 Å². The molecule has 0 unspecified atom stereocenters. The van der Waals surface area contributed by atoms with Gasteiger partial charge in [-0.05, 0) is 39.0 Å². The first kappa shape index (κ1) is 14.5. The number of nitrogens with zero attached hydrogens (tertiary/aromatic N) is 1. The van der Waals surface area contributed by atoms with Crippen LogP contribution >= 0.6 is 11.6 Å². The fourth-order valence-electron chi connectivity index (χ4n) is 2.08. The number of ether oxygens (including phenoxy) is 1. The van der Waals surface area contributed by atoms with Gasteiger partial charge in [-0.3, -0.25) is 9.69 Å². The van der Waals surface area contributed by atoms with Crippen molar-refractivity contribution >= 4 is 17.5 Å². The Hall–Kier alpha value is -0.540. The number of allylic oxidation sites excluding steroid dienone is 2. The van der Waals surface area contributed by atoms with Crippen LogP contribution < -0.4 is 0 Å². The van der Waals surface area contributed by atoms with Crippen LogP contribution in [0.25, 0.3) is 0 Å². The second kappa shape index (κ2) is 7.72. The fourth-order valence-corrected chi connectivity index (χ4v) is 2.22. The second-order valence-electron chi connectivity index (χ2n) is 4.43. The summed E-state index contributed by atoms with van der Waals surface area (Å²) < 4.78 is 5.48. The lowest BCUT2D eigenvalue weighted by Crippen LogP contribution is -2.35. The molecular formula is C13H22ClNO2. The molecule has 0 N–H and O–H groups in total. The second-order valence-corrected chi connectivity index (χ2v) is 4.69. The summed E-state index contributed by atoms with van der Waals surface area (Å²) in [7, 11) is 0. The van der Waals surface area contributed by atoms with Crippen LogP contribution in [0.1, 0.15) is 46.0 Å². The molecule has 0 heterocycles. The minimum Gasteiger partial charge on any atom is -0.361 e. The van der Waals surface area contributed by atoms with E-state index in [1.807, 2.05) is 0 Å². The molecule has 0 aromatic carbocycles. The summed E-state index contributed by atoms with van der Waals surface area (Å²) in [6.45, 7) is 5.17. The quantitative estimate of drug-likeness (QED) is 0.416. The Morgan fingerprint density at radius 3 is 2.71 bits per heavy atom. The van der Waals surface area contributed by atoms with Gasteiger partial charge in [0.05, 0.1) is 0 Å². The minimum absolute atomic E-state index is 0.0201. The summed E-state index contributed by atoms with van der Waals surface area (Å²) in [4.78, 5) is 13.6. The fraction of sp³-hybridized carbons (Fsp3) is 0.769. The van der Waals surface area contributed by atoms with Crippen molar-refractivity contribution in [3.05, 3.63) is 11.3 Å². The topological polar surface area (TPSA) is 29.5 Å². The van der Waals surface area contributed by atoms with Crippen molar-refractivity contribution in [2.75, 3.05) is 19.2 Å². The molecule has 0 aliphatic heterocycles. The molecule has 0 saturated heterocycles. The Morgan fingerprint density at radius 2 is 2.12 bits per heavy atom. The van der Waals surface area contributed by atoms with Crippen molar-refractivity contribution in [1.29, 1.82) is 0 Å². The third-order valence-corrected chi connectivity index (χ3v) is 3.25. The van der Waals surface area contributed by atoms with Crippen molar-refractivity contribution in [2.45, 2.75) is 46.0 Å². The van der Waals surface area contributed by atoms with E-state index in [2.05, 4.69) is 13.8 Å². The summed E-state index contributed by atoms with van der Waals surface area (Å²) >= 11 is 5.66. The molecule has 0 radical (unpaired) electrons. The predicted molar refractivity (Wildman–Crippen MR) is 69.8 cm³/mol. The first-order valence-corrected chi connectivity index (χ1v) is 6.86. The lowest BCUT2D eigenvalue weighted by Gasteiger charge is -2.29. The SMILES string of the molecule is CCCOCN(C(=O)CCl)C1=C(C)CCCC1. The van der Waals surface area contributed by atoms with Crippen molar-refractivity contribution in [2.24, 2.45) is 0 Å². The van der Waals surface area contributed by atoms with E-state index in [-0.39, 0.29) is 11.8 Å². The standard InChI is InChI=1S/C13H22ClNO2/c1-3-8-17-10-15(13(16)9-14)12-7-5-4-6-11(12)2/h3-10H2,1-2H3. The van der Waals surface area contributed by atoms with E-state index in [9.17, 15) is 4.79 Å². The van der Waals surface area contributed by atoms with Gasteiger partial charge in [0, 0.05) is 12.3 Å². The first-order chi connectivity index (χ1) is 8.20. The Balaban J connectivity index is 2.71. The summed E-state index contributed by atoms with van der Waals surface area (Å²) in [5.41, 5.74) is 2.42. The summed E-state index contributed by atoms with van der Waals surface area (Å²) in [6.07, 6.45) is 5.36. The van der Waals surface area contributed by atoms with Crippen LogP contribution in [0.4, 0.5) is 0 Å². The molecule has 0 aromatic heterocycles. The van der Waals surface area contributed by atoms with E-state index in [0.29, 0.717) is 13.3 Å². The molecule has 1 aliphatic carbocycles. The molecule has 0 atom stereocenters. The molecular weight excluding hydrogens is 238 g/mol. The highest BCUT2D eigenvalue weighted by molar-refractivity contribution is 6.27. The first-order valence-electron chi connectivity index (χ1n) is 6.33. The van der Waals surface area contributed by atoms with Crippen molar-refractivity contribution < 1.29 is 9.53 Å². The largest absolute Gasteiger partial charge is 0.361 e. The molecule has 17 heavy (non-hydrogen) atoms. The van der Waals surface area contributed by atoms with Crippen molar-refractivity contribution in [1.82, 2.24) is 4.90 Å². The highest BCUT2D eigenvalue weighted by Crippen LogP contribution is 2.27. The molecule has 4 heteroatoms. The maximum absolute atomic E-state index is 11.8. The van der Waals surface area contributed by atoms with Crippen LogP contribution in [0.5, 0.6) is 0 Å². The number of carbonyl (C=O) groups is 1. The monoisotopic (exact) mass is 259 g/mol. The van der Waals surface area contributed by atoms with Gasteiger partial charge in [-0.15, -0.1) is 11.6 Å². The number of hydrogen-bond donors (Lipinski definition) is 0. The molecule has 0 spiro atoms. The summed E-state index contributed by atoms with van der Waals surface area (Å²) in [5, 5.41) is 0. The smallest absolute Gasteiger partial charge is 0.243 e. The zero-order valence-corrected chi connectivity index (χ0v) is 11.6. The molecule has 0 saturated carbocycles. The highest BCUT2D eigenvalue weighted by atomic mass is 35.5. The van der Waals surface area contributed by atoms with Gasteiger partial charge in [-0.1, -0.05) is 12.5 Å². The normalized spacial score (nSPS) is 16.2. The third-order valence-electron chi connectivity index (χ3n) is 3.02. The van der Waals surface area contributed by atoms with Gasteiger partial charge in [-0.25, -0.2) is 0 Å². The minimum atomic E-state index is -0.0565. The number of halogens is 1. The lowest BCUT2D eigenvalue weighted by molar-refractivity contribution is -0.131. The van der Waals surface area contributed by atoms with Crippen molar-refractivity contribution in [3.8, 4) is 0 Å². The maximum Gasteiger partial charge on any atom is 0.243 e.